The summed E-state index contributed by atoms with van der Waals surface area (Å²) in [6.45, 7) is 5.96. The zero-order valence-corrected chi connectivity index (χ0v) is 15.9. The zero-order chi connectivity index (χ0) is 19.4. The van der Waals surface area contributed by atoms with Crippen molar-refractivity contribution in [2.75, 3.05) is 5.32 Å². The second-order valence-corrected chi connectivity index (χ2v) is 6.45. The number of anilines is 1. The highest BCUT2D eigenvalue weighted by atomic mass is 16.2. The van der Waals surface area contributed by atoms with E-state index in [9.17, 15) is 4.79 Å². The van der Waals surface area contributed by atoms with Gasteiger partial charge in [0.15, 0.2) is 0 Å². The molecule has 8 nitrogen and oxygen atoms in total. The average molecular weight is 365 g/mol. The Morgan fingerprint density at radius 1 is 1.22 bits per heavy atom. The van der Waals surface area contributed by atoms with Crippen molar-refractivity contribution in [2.45, 2.75) is 33.2 Å². The van der Waals surface area contributed by atoms with Crippen LogP contribution in [0.3, 0.4) is 0 Å². The lowest BCUT2D eigenvalue weighted by Crippen LogP contribution is -2.33. The maximum Gasteiger partial charge on any atom is 0.319 e. The molecule has 27 heavy (non-hydrogen) atoms. The third-order valence-electron chi connectivity index (χ3n) is 4.26. The second-order valence-electron chi connectivity index (χ2n) is 6.45. The summed E-state index contributed by atoms with van der Waals surface area (Å²) in [5, 5.41) is 18.0. The maximum absolute atomic E-state index is 12.5. The van der Waals surface area contributed by atoms with Gasteiger partial charge in [0.25, 0.3) is 0 Å². The van der Waals surface area contributed by atoms with Crippen LogP contribution in [0.25, 0.3) is 11.4 Å². The molecule has 0 radical (unpaired) electrons. The number of rotatable bonds is 5. The topological polar surface area (TPSA) is 97.6 Å². The number of nitrogens with zero attached hydrogens (tertiary/aromatic N) is 5. The van der Waals surface area contributed by atoms with Crippen molar-refractivity contribution in [1.82, 2.24) is 30.5 Å². The van der Waals surface area contributed by atoms with E-state index < -0.39 is 0 Å². The lowest BCUT2D eigenvalue weighted by atomic mass is 10.1. The molecule has 1 atom stereocenters. The predicted octanol–water partition coefficient (Wildman–Crippen LogP) is 3.16. The number of nitrogens with one attached hydrogen (secondary N) is 2. The number of pyridine rings is 1. The van der Waals surface area contributed by atoms with Gasteiger partial charge in [0, 0.05) is 17.4 Å². The number of amides is 2. The van der Waals surface area contributed by atoms with Crippen LogP contribution in [0.15, 0.2) is 36.5 Å². The zero-order valence-electron chi connectivity index (χ0n) is 15.9. The van der Waals surface area contributed by atoms with Crippen LogP contribution in [-0.2, 0) is 7.05 Å². The van der Waals surface area contributed by atoms with E-state index in [0.717, 1.165) is 28.8 Å². The van der Waals surface area contributed by atoms with Crippen molar-refractivity contribution in [3.63, 3.8) is 0 Å². The first kappa shape index (κ1) is 18.5. The third-order valence-corrected chi connectivity index (χ3v) is 4.26. The number of aromatic nitrogens is 5. The molecule has 0 aliphatic rings. The van der Waals surface area contributed by atoms with Gasteiger partial charge < -0.3 is 10.6 Å². The summed E-state index contributed by atoms with van der Waals surface area (Å²) in [6.07, 6.45) is 2.50. The van der Waals surface area contributed by atoms with E-state index in [1.807, 2.05) is 51.1 Å². The van der Waals surface area contributed by atoms with Crippen molar-refractivity contribution in [3.05, 3.63) is 53.3 Å². The summed E-state index contributed by atoms with van der Waals surface area (Å²) in [5.41, 5.74) is 4.39. The molecule has 2 N–H and O–H groups in total. The van der Waals surface area contributed by atoms with Gasteiger partial charge in [0.2, 0.25) is 5.82 Å². The van der Waals surface area contributed by atoms with Gasteiger partial charge in [0.05, 0.1) is 18.8 Å². The number of carbonyl (C=O) groups excluding carboxylic acids is 1. The molecule has 2 heterocycles. The Morgan fingerprint density at radius 2 is 2.04 bits per heavy atom. The van der Waals surface area contributed by atoms with Gasteiger partial charge in [-0.2, -0.15) is 4.80 Å². The molecule has 0 saturated carbocycles. The van der Waals surface area contributed by atoms with Gasteiger partial charge >= 0.3 is 6.03 Å². The summed E-state index contributed by atoms with van der Waals surface area (Å²) in [6, 6.07) is 9.15. The van der Waals surface area contributed by atoms with Crippen molar-refractivity contribution in [3.8, 4) is 11.4 Å². The van der Waals surface area contributed by atoms with Gasteiger partial charge in [0.1, 0.15) is 0 Å². The second kappa shape index (κ2) is 7.94. The highest BCUT2D eigenvalue weighted by Gasteiger charge is 2.15. The number of carbonyl (C=O) groups is 1. The van der Waals surface area contributed by atoms with Crippen LogP contribution in [0.2, 0.25) is 0 Å². The number of aryl methyl sites for hydroxylation is 3. The molecule has 0 saturated heterocycles. The van der Waals surface area contributed by atoms with Crippen LogP contribution in [-0.4, -0.2) is 31.2 Å². The maximum atomic E-state index is 12.5. The minimum absolute atomic E-state index is 0.157. The van der Waals surface area contributed by atoms with Crippen molar-refractivity contribution >= 4 is 11.7 Å². The summed E-state index contributed by atoms with van der Waals surface area (Å²) in [7, 11) is 1.71. The van der Waals surface area contributed by atoms with Crippen LogP contribution < -0.4 is 10.6 Å². The van der Waals surface area contributed by atoms with Gasteiger partial charge in [-0.05, 0) is 54.8 Å². The molecule has 2 aromatic heterocycles. The summed E-state index contributed by atoms with van der Waals surface area (Å²) < 4.78 is 0. The quantitative estimate of drug-likeness (QED) is 0.724. The molecule has 3 aromatic rings. The third kappa shape index (κ3) is 4.46. The number of hydrogen-bond acceptors (Lipinski definition) is 5. The standard InChI is InChI=1S/C19H23N7O/c1-5-15(17-10-12(2)8-9-20-17)21-19(27)22-16-11-14(7-6-13(16)3)18-23-25-26(4)24-18/h6-11,15H,5H2,1-4H3,(H2,21,22,27). The van der Waals surface area contributed by atoms with E-state index in [0.29, 0.717) is 11.5 Å². The highest BCUT2D eigenvalue weighted by Crippen LogP contribution is 2.23. The molecule has 1 aromatic carbocycles. The number of tetrazole rings is 1. The lowest BCUT2D eigenvalue weighted by Gasteiger charge is -2.18. The van der Waals surface area contributed by atoms with E-state index in [-0.39, 0.29) is 12.1 Å². The molecule has 0 aliphatic heterocycles. The van der Waals surface area contributed by atoms with Crippen molar-refractivity contribution in [1.29, 1.82) is 0 Å². The smallest absolute Gasteiger partial charge is 0.319 e. The Kier molecular flexibility index (Phi) is 5.44. The fourth-order valence-electron chi connectivity index (χ4n) is 2.75. The minimum atomic E-state index is -0.280. The first-order valence-corrected chi connectivity index (χ1v) is 8.81. The van der Waals surface area contributed by atoms with Crippen LogP contribution >= 0.6 is 0 Å². The molecule has 8 heteroatoms. The molecule has 0 spiro atoms. The van der Waals surface area contributed by atoms with Crippen LogP contribution in [0.5, 0.6) is 0 Å². The Morgan fingerprint density at radius 3 is 2.70 bits per heavy atom. The van der Waals surface area contributed by atoms with Crippen LogP contribution in [0, 0.1) is 13.8 Å². The fraction of sp³-hybridized carbons (Fsp3) is 0.316. The first-order valence-electron chi connectivity index (χ1n) is 8.81. The van der Waals surface area contributed by atoms with Crippen molar-refractivity contribution < 1.29 is 4.79 Å². The minimum Gasteiger partial charge on any atom is -0.330 e. The first-order chi connectivity index (χ1) is 13.0. The van der Waals surface area contributed by atoms with Crippen LogP contribution in [0.4, 0.5) is 10.5 Å². The highest BCUT2D eigenvalue weighted by molar-refractivity contribution is 5.91. The number of urea groups is 1. The van der Waals surface area contributed by atoms with Gasteiger partial charge in [-0.25, -0.2) is 4.79 Å². The Labute approximate surface area is 158 Å². The monoisotopic (exact) mass is 365 g/mol. The molecule has 2 amide bonds. The molecule has 0 bridgehead atoms. The number of hydrogen-bond donors (Lipinski definition) is 2. The lowest BCUT2D eigenvalue weighted by molar-refractivity contribution is 0.248. The molecule has 1 unspecified atom stereocenters. The Balaban J connectivity index is 1.75. The Bertz CT molecular complexity index is 951. The molecule has 0 fully saturated rings. The molecule has 0 aliphatic carbocycles. The van der Waals surface area contributed by atoms with E-state index in [4.69, 9.17) is 0 Å². The van der Waals surface area contributed by atoms with E-state index in [2.05, 4.69) is 31.0 Å². The van der Waals surface area contributed by atoms with Gasteiger partial charge in [-0.15, -0.1) is 10.2 Å². The summed E-state index contributed by atoms with van der Waals surface area (Å²) in [4.78, 5) is 18.3. The van der Waals surface area contributed by atoms with E-state index in [1.165, 1.54) is 4.80 Å². The van der Waals surface area contributed by atoms with Crippen molar-refractivity contribution in [2.24, 2.45) is 7.05 Å². The summed E-state index contributed by atoms with van der Waals surface area (Å²) >= 11 is 0. The molecular weight excluding hydrogens is 342 g/mol. The summed E-state index contributed by atoms with van der Waals surface area (Å²) in [5.74, 6) is 0.511. The average Bonchev–Trinajstić information content (AvgIpc) is 3.08. The Hall–Kier alpha value is -3.29. The normalized spacial score (nSPS) is 11.9. The molecule has 140 valence electrons. The van der Waals surface area contributed by atoms with Gasteiger partial charge in [-0.3, -0.25) is 4.98 Å². The fourth-order valence-corrected chi connectivity index (χ4v) is 2.75. The predicted molar refractivity (Wildman–Crippen MR) is 103 cm³/mol. The largest absolute Gasteiger partial charge is 0.330 e. The van der Waals surface area contributed by atoms with E-state index >= 15 is 0 Å². The SMILES string of the molecule is CCC(NC(=O)Nc1cc(-c2nnn(C)n2)ccc1C)c1cc(C)ccn1. The molecule has 3 rings (SSSR count). The number of benzene rings is 1. The van der Waals surface area contributed by atoms with Crippen LogP contribution in [0.1, 0.15) is 36.2 Å². The van der Waals surface area contributed by atoms with Gasteiger partial charge in [-0.1, -0.05) is 19.1 Å². The van der Waals surface area contributed by atoms with E-state index in [1.54, 1.807) is 13.2 Å². The molecular formula is C19H23N7O.